The average Bonchev–Trinajstić information content (AvgIpc) is 2.71. The molecule has 0 saturated heterocycles. The van der Waals surface area contributed by atoms with Crippen molar-refractivity contribution in [1.29, 1.82) is 0 Å². The second-order valence-corrected chi connectivity index (χ2v) is 7.97. The van der Waals surface area contributed by atoms with E-state index in [1.807, 2.05) is 0 Å². The molecular weight excluding hydrogens is 419 g/mol. The zero-order valence-electron chi connectivity index (χ0n) is 15.4. The Hall–Kier alpha value is -3.24. The zero-order chi connectivity index (χ0) is 21.9. The number of carbonyl (C=O) groups excluding carboxylic acids is 1. The molecule has 3 aromatic rings. The molecule has 0 aliphatic carbocycles. The number of aromatic nitrogens is 1. The lowest BCUT2D eigenvalue weighted by Crippen LogP contribution is -2.23. The van der Waals surface area contributed by atoms with Crippen molar-refractivity contribution in [2.45, 2.75) is 11.1 Å². The highest BCUT2D eigenvalue weighted by molar-refractivity contribution is 7.89. The first-order valence-corrected chi connectivity index (χ1v) is 10.1. The Morgan fingerprint density at radius 1 is 1.10 bits per heavy atom. The van der Waals surface area contributed by atoms with Crippen molar-refractivity contribution in [2.24, 2.45) is 0 Å². The molecule has 0 unspecified atom stereocenters. The highest BCUT2D eigenvalue weighted by Gasteiger charge is 2.30. The van der Waals surface area contributed by atoms with Crippen LogP contribution in [-0.4, -0.2) is 25.9 Å². The first-order chi connectivity index (χ1) is 14.1. The molecule has 0 bridgehead atoms. The molecule has 6 nitrogen and oxygen atoms in total. The molecule has 2 N–H and O–H groups in total. The van der Waals surface area contributed by atoms with E-state index in [1.54, 1.807) is 0 Å². The second kappa shape index (κ2) is 8.25. The number of benzene rings is 2. The van der Waals surface area contributed by atoms with Gasteiger partial charge < -0.3 is 5.32 Å². The number of amides is 1. The number of nitrogens with zero attached hydrogens (tertiary/aromatic N) is 1. The summed E-state index contributed by atoms with van der Waals surface area (Å²) < 4.78 is 65.1. The van der Waals surface area contributed by atoms with Gasteiger partial charge in [0.1, 0.15) is 0 Å². The van der Waals surface area contributed by atoms with Gasteiger partial charge in [0.15, 0.2) is 0 Å². The molecule has 0 saturated carbocycles. The van der Waals surface area contributed by atoms with Gasteiger partial charge in [-0.05, 0) is 42.5 Å². The molecule has 1 aromatic heterocycles. The van der Waals surface area contributed by atoms with E-state index in [4.69, 9.17) is 0 Å². The van der Waals surface area contributed by atoms with Crippen LogP contribution in [0.2, 0.25) is 0 Å². The second-order valence-electron chi connectivity index (χ2n) is 6.21. The Morgan fingerprint density at radius 3 is 2.43 bits per heavy atom. The largest absolute Gasteiger partial charge is 0.416 e. The Bertz CT molecular complexity index is 1210. The maximum absolute atomic E-state index is 12.9. The van der Waals surface area contributed by atoms with Gasteiger partial charge >= 0.3 is 6.18 Å². The fourth-order valence-electron chi connectivity index (χ4n) is 2.67. The fourth-order valence-corrected chi connectivity index (χ4v) is 3.66. The minimum Gasteiger partial charge on any atom is -0.321 e. The van der Waals surface area contributed by atoms with E-state index < -0.39 is 27.7 Å². The Morgan fingerprint density at radius 2 is 1.80 bits per heavy atom. The van der Waals surface area contributed by atoms with Crippen LogP contribution in [0.3, 0.4) is 0 Å². The summed E-state index contributed by atoms with van der Waals surface area (Å²) in [7, 11) is -3.72. The van der Waals surface area contributed by atoms with Crippen molar-refractivity contribution >= 4 is 32.5 Å². The Kier molecular flexibility index (Phi) is 5.90. The highest BCUT2D eigenvalue weighted by atomic mass is 32.2. The van der Waals surface area contributed by atoms with Gasteiger partial charge in [0.25, 0.3) is 5.91 Å². The topological polar surface area (TPSA) is 88.2 Å². The molecule has 156 valence electrons. The number of hydrogen-bond acceptors (Lipinski definition) is 4. The number of anilines is 1. The van der Waals surface area contributed by atoms with Crippen molar-refractivity contribution in [3.05, 3.63) is 78.5 Å². The molecule has 0 radical (unpaired) electrons. The Balaban J connectivity index is 1.84. The summed E-state index contributed by atoms with van der Waals surface area (Å²) >= 11 is 0. The Labute approximate surface area is 170 Å². The van der Waals surface area contributed by atoms with Gasteiger partial charge in [0.05, 0.1) is 21.7 Å². The smallest absolute Gasteiger partial charge is 0.321 e. The molecule has 1 heterocycles. The van der Waals surface area contributed by atoms with Gasteiger partial charge in [0.2, 0.25) is 10.0 Å². The maximum atomic E-state index is 12.9. The standard InChI is InChI=1S/C20H16F3N3O3S/c1-2-10-25-30(28,29)15-6-3-13(4-7-15)19(27)26-17-9-11-24-18-12-14(20(21,22)23)5-8-16(17)18/h2-9,11-12,25H,1,10H2,(H,24,26,27). The fraction of sp³-hybridized carbons (Fsp3) is 0.100. The molecule has 0 aliphatic rings. The van der Waals surface area contributed by atoms with Gasteiger partial charge in [-0.1, -0.05) is 12.1 Å². The van der Waals surface area contributed by atoms with E-state index in [1.165, 1.54) is 48.7 Å². The molecule has 0 atom stereocenters. The summed E-state index contributed by atoms with van der Waals surface area (Å²) in [6, 6.07) is 9.75. The molecule has 1 amide bonds. The zero-order valence-corrected chi connectivity index (χ0v) is 16.2. The summed E-state index contributed by atoms with van der Waals surface area (Å²) in [6.45, 7) is 3.50. The first-order valence-electron chi connectivity index (χ1n) is 8.60. The van der Waals surface area contributed by atoms with Crippen molar-refractivity contribution in [3.63, 3.8) is 0 Å². The van der Waals surface area contributed by atoms with Crippen molar-refractivity contribution in [3.8, 4) is 0 Å². The van der Waals surface area contributed by atoms with Gasteiger partial charge in [0, 0.05) is 23.7 Å². The molecule has 3 rings (SSSR count). The SMILES string of the molecule is C=CCNS(=O)(=O)c1ccc(C(=O)Nc2ccnc3cc(C(F)(F)F)ccc23)cc1. The number of fused-ring (bicyclic) bond motifs is 1. The van der Waals surface area contributed by atoms with Crippen LogP contribution in [0.4, 0.5) is 18.9 Å². The summed E-state index contributed by atoms with van der Waals surface area (Å²) in [5, 5.41) is 2.95. The van der Waals surface area contributed by atoms with Crippen LogP contribution in [-0.2, 0) is 16.2 Å². The molecule has 2 aromatic carbocycles. The molecule has 10 heteroatoms. The molecular formula is C20H16F3N3O3S. The number of pyridine rings is 1. The summed E-state index contributed by atoms with van der Waals surface area (Å²) in [5.74, 6) is -0.551. The number of alkyl halides is 3. The predicted molar refractivity (Wildman–Crippen MR) is 107 cm³/mol. The molecule has 0 fully saturated rings. The minimum absolute atomic E-state index is 0.0186. The predicted octanol–water partition coefficient (Wildman–Crippen LogP) is 3.97. The average molecular weight is 435 g/mol. The van der Waals surface area contributed by atoms with Gasteiger partial charge in [-0.25, -0.2) is 13.1 Å². The summed E-state index contributed by atoms with van der Waals surface area (Å²) in [4.78, 5) is 16.4. The summed E-state index contributed by atoms with van der Waals surface area (Å²) in [6.07, 6.45) is -1.81. The summed E-state index contributed by atoms with van der Waals surface area (Å²) in [5.41, 5.74) is -0.303. The molecule has 0 aliphatic heterocycles. The van der Waals surface area contributed by atoms with Crippen LogP contribution in [0.1, 0.15) is 15.9 Å². The number of carbonyl (C=O) groups is 1. The van der Waals surface area contributed by atoms with Gasteiger partial charge in [-0.3, -0.25) is 9.78 Å². The maximum Gasteiger partial charge on any atom is 0.416 e. The van der Waals surface area contributed by atoms with Crippen LogP contribution in [0, 0.1) is 0 Å². The van der Waals surface area contributed by atoms with E-state index in [-0.39, 0.29) is 28.2 Å². The normalized spacial score (nSPS) is 12.0. The number of sulfonamides is 1. The van der Waals surface area contributed by atoms with E-state index in [9.17, 15) is 26.4 Å². The van der Waals surface area contributed by atoms with Crippen LogP contribution in [0.15, 0.2) is 72.3 Å². The third-order valence-electron chi connectivity index (χ3n) is 4.16. The quantitative estimate of drug-likeness (QED) is 0.574. The van der Waals surface area contributed by atoms with Crippen molar-refractivity contribution in [2.75, 3.05) is 11.9 Å². The number of halogens is 3. The minimum atomic E-state index is -4.50. The van der Waals surface area contributed by atoms with Crippen molar-refractivity contribution < 1.29 is 26.4 Å². The molecule has 30 heavy (non-hydrogen) atoms. The third-order valence-corrected chi connectivity index (χ3v) is 5.60. The van der Waals surface area contributed by atoms with Crippen LogP contribution in [0.5, 0.6) is 0 Å². The lowest BCUT2D eigenvalue weighted by molar-refractivity contribution is -0.137. The van der Waals surface area contributed by atoms with E-state index >= 15 is 0 Å². The van der Waals surface area contributed by atoms with Gasteiger partial charge in [-0.15, -0.1) is 6.58 Å². The van der Waals surface area contributed by atoms with Crippen LogP contribution >= 0.6 is 0 Å². The lowest BCUT2D eigenvalue weighted by Gasteiger charge is -2.11. The first kappa shape index (κ1) is 21.5. The number of rotatable bonds is 6. The third kappa shape index (κ3) is 4.66. The molecule has 0 spiro atoms. The van der Waals surface area contributed by atoms with E-state index in [0.29, 0.717) is 5.39 Å². The number of nitrogens with one attached hydrogen (secondary N) is 2. The van der Waals surface area contributed by atoms with Crippen molar-refractivity contribution in [1.82, 2.24) is 9.71 Å². The van der Waals surface area contributed by atoms with E-state index in [2.05, 4.69) is 21.6 Å². The highest BCUT2D eigenvalue weighted by Crippen LogP contribution is 2.32. The lowest BCUT2D eigenvalue weighted by atomic mass is 10.1. The van der Waals surface area contributed by atoms with Crippen LogP contribution < -0.4 is 10.0 Å². The monoisotopic (exact) mass is 435 g/mol. The number of hydrogen-bond donors (Lipinski definition) is 2. The van der Waals surface area contributed by atoms with E-state index in [0.717, 1.165) is 12.1 Å². The van der Waals surface area contributed by atoms with Crippen LogP contribution in [0.25, 0.3) is 10.9 Å². The van der Waals surface area contributed by atoms with Gasteiger partial charge in [-0.2, -0.15) is 13.2 Å².